The highest BCUT2D eigenvalue weighted by Gasteiger charge is 2.57. The SMILES string of the molecule is CC(=O)OCC1=C[C@@H]([C@H](CO[Si](C)(C)C(C)(C)C)C(C)C)[C@H]2C[C@H](O[Si](c3ccccc3)(c3ccccc3)C(C)(C)C)C[C@@H]([C@H](C)CO[Si](C)(C)C(C)(C)C)[C@H]2[C@@H]1OC(C)=O. The van der Waals surface area contributed by atoms with E-state index < -0.39 is 31.1 Å². The molecule has 4 rings (SSSR count). The molecule has 1 saturated carbocycles. The van der Waals surface area contributed by atoms with E-state index in [0.717, 1.165) is 18.4 Å². The normalized spacial score (nSPS) is 24.1. The van der Waals surface area contributed by atoms with Gasteiger partial charge in [-0.1, -0.05) is 150 Å². The molecule has 0 unspecified atom stereocenters. The number of carbonyl (C=O) groups excluding carboxylic acids is 2. The number of esters is 2. The molecule has 0 radical (unpaired) electrons. The third-order valence-corrected chi connectivity index (χ3v) is 29.3. The molecule has 0 aromatic heterocycles. The highest BCUT2D eigenvalue weighted by atomic mass is 28.4. The van der Waals surface area contributed by atoms with E-state index in [1.165, 1.54) is 24.2 Å². The van der Waals surface area contributed by atoms with Crippen LogP contribution in [-0.4, -0.2) is 68.9 Å². The lowest BCUT2D eigenvalue weighted by atomic mass is 9.55. The van der Waals surface area contributed by atoms with Crippen molar-refractivity contribution in [3.8, 4) is 0 Å². The summed E-state index contributed by atoms with van der Waals surface area (Å²) >= 11 is 0. The predicted octanol–water partition coefficient (Wildman–Crippen LogP) is 11.6. The maximum absolute atomic E-state index is 13.2. The van der Waals surface area contributed by atoms with E-state index in [4.69, 9.17) is 22.8 Å². The van der Waals surface area contributed by atoms with Crippen molar-refractivity contribution in [3.63, 3.8) is 0 Å². The molecule has 0 aliphatic heterocycles. The van der Waals surface area contributed by atoms with Gasteiger partial charge < -0.3 is 22.8 Å². The number of carbonyl (C=O) groups is 2. The van der Waals surface area contributed by atoms with Crippen LogP contribution in [-0.2, 0) is 32.3 Å². The number of benzene rings is 2. The fraction of sp³-hybridized carbons (Fsp3) is 0.686. The largest absolute Gasteiger partial charge is 0.461 e. The van der Waals surface area contributed by atoms with Crippen molar-refractivity contribution in [1.29, 1.82) is 0 Å². The van der Waals surface area contributed by atoms with Crippen LogP contribution in [0.1, 0.15) is 110 Å². The highest BCUT2D eigenvalue weighted by Crippen LogP contribution is 2.55. The van der Waals surface area contributed by atoms with E-state index in [1.807, 2.05) is 0 Å². The average Bonchev–Trinajstić information content (AvgIpc) is 3.14. The number of hydrogen-bond acceptors (Lipinski definition) is 7. The third-order valence-electron chi connectivity index (χ3n) is 15.2. The summed E-state index contributed by atoms with van der Waals surface area (Å²) in [4.78, 5) is 25.7. The molecule has 0 amide bonds. The molecule has 2 aromatic carbocycles. The second-order valence-electron chi connectivity index (χ2n) is 22.9. The quantitative estimate of drug-likeness (QED) is 0.0943. The first kappa shape index (κ1) is 51.3. The van der Waals surface area contributed by atoms with E-state index in [9.17, 15) is 9.59 Å². The lowest BCUT2D eigenvalue weighted by Crippen LogP contribution is -2.68. The van der Waals surface area contributed by atoms with Crippen LogP contribution in [0, 0.1) is 41.4 Å². The fourth-order valence-electron chi connectivity index (χ4n) is 9.60. The Hall–Kier alpha value is -2.35. The zero-order valence-corrected chi connectivity index (χ0v) is 44.4. The maximum atomic E-state index is 13.2. The van der Waals surface area contributed by atoms with E-state index in [1.54, 1.807) is 0 Å². The van der Waals surface area contributed by atoms with Crippen LogP contribution in [0.5, 0.6) is 0 Å². The Balaban J connectivity index is 1.99. The fourth-order valence-corrected chi connectivity index (χ4v) is 16.5. The lowest BCUT2D eigenvalue weighted by molar-refractivity contribution is -0.157. The predicted molar refractivity (Wildman–Crippen MR) is 260 cm³/mol. The molecule has 61 heavy (non-hydrogen) atoms. The first-order valence-electron chi connectivity index (χ1n) is 23.1. The van der Waals surface area contributed by atoms with Crippen molar-refractivity contribution >= 4 is 47.3 Å². The van der Waals surface area contributed by atoms with Crippen molar-refractivity contribution in [2.45, 2.75) is 163 Å². The Morgan fingerprint density at radius 3 is 1.61 bits per heavy atom. The first-order valence-corrected chi connectivity index (χ1v) is 30.8. The molecule has 0 heterocycles. The van der Waals surface area contributed by atoms with E-state index in [-0.39, 0.29) is 75.3 Å². The number of rotatable bonds is 16. The van der Waals surface area contributed by atoms with Gasteiger partial charge in [0.15, 0.2) is 16.6 Å². The van der Waals surface area contributed by atoms with E-state index in [2.05, 4.69) is 176 Å². The van der Waals surface area contributed by atoms with Gasteiger partial charge in [0.25, 0.3) is 8.32 Å². The molecule has 8 atom stereocenters. The molecular formula is C51H84O7Si3. The van der Waals surface area contributed by atoms with Gasteiger partial charge in [-0.15, -0.1) is 0 Å². The zero-order valence-electron chi connectivity index (χ0n) is 41.4. The van der Waals surface area contributed by atoms with Crippen molar-refractivity contribution < 1.29 is 32.3 Å². The number of hydrogen-bond donors (Lipinski definition) is 0. The minimum absolute atomic E-state index is 0.0457. The lowest BCUT2D eigenvalue weighted by Gasteiger charge is -2.55. The topological polar surface area (TPSA) is 80.3 Å². The summed E-state index contributed by atoms with van der Waals surface area (Å²) in [5, 5.41) is 2.46. The monoisotopic (exact) mass is 893 g/mol. The third kappa shape index (κ3) is 11.9. The molecule has 342 valence electrons. The molecule has 1 fully saturated rings. The summed E-state index contributed by atoms with van der Waals surface area (Å²) < 4.78 is 34.6. The zero-order chi connectivity index (χ0) is 45.9. The Labute approximate surface area is 374 Å². The second kappa shape index (κ2) is 19.8. The Morgan fingerprint density at radius 2 is 1.18 bits per heavy atom. The van der Waals surface area contributed by atoms with Crippen LogP contribution >= 0.6 is 0 Å². The van der Waals surface area contributed by atoms with Crippen molar-refractivity contribution in [1.82, 2.24) is 0 Å². The van der Waals surface area contributed by atoms with Gasteiger partial charge in [0.1, 0.15) is 12.7 Å². The molecular weight excluding hydrogens is 809 g/mol. The molecule has 0 bridgehead atoms. The molecule has 7 nitrogen and oxygen atoms in total. The van der Waals surface area contributed by atoms with Crippen molar-refractivity contribution in [3.05, 3.63) is 72.3 Å². The molecule has 10 heteroatoms. The number of ether oxygens (including phenoxy) is 2. The minimum atomic E-state index is -2.95. The average molecular weight is 893 g/mol. The second-order valence-corrected chi connectivity index (χ2v) is 36.8. The van der Waals surface area contributed by atoms with Gasteiger partial charge in [0.2, 0.25) is 0 Å². The summed E-state index contributed by atoms with van der Waals surface area (Å²) in [5.74, 6) is 0.0993. The van der Waals surface area contributed by atoms with Gasteiger partial charge in [-0.3, -0.25) is 9.59 Å². The van der Waals surface area contributed by atoms with Crippen LogP contribution in [0.25, 0.3) is 0 Å². The van der Waals surface area contributed by atoms with Gasteiger partial charge in [-0.2, -0.15) is 0 Å². The molecule has 0 spiro atoms. The number of allylic oxidation sites excluding steroid dienone is 1. The molecule has 0 N–H and O–H groups in total. The molecule has 0 saturated heterocycles. The Morgan fingerprint density at radius 1 is 0.689 bits per heavy atom. The van der Waals surface area contributed by atoms with Gasteiger partial charge in [-0.25, -0.2) is 0 Å². The van der Waals surface area contributed by atoms with E-state index in [0.29, 0.717) is 19.1 Å². The summed E-state index contributed by atoms with van der Waals surface area (Å²) in [6.07, 6.45) is 3.32. The van der Waals surface area contributed by atoms with Gasteiger partial charge in [0, 0.05) is 44.7 Å². The van der Waals surface area contributed by atoms with Crippen molar-refractivity contribution in [2.24, 2.45) is 41.4 Å². The molecule has 2 aromatic rings. The Bertz CT molecular complexity index is 1730. The van der Waals surface area contributed by atoms with Gasteiger partial charge in [-0.05, 0) is 100 Å². The standard InChI is InChI=1S/C51H84O7Si3/c1-35(2)46(34-56-60(17,18)50(9,10)11)44-29-39(33-54-37(4)52)48(57-38(5)53)47-43(36(3)32-55-59(15,16)49(6,7)8)30-40(31-45(44)47)58-61(51(12,13)14,41-25-21-19-22-26-41)42-27-23-20-24-28-42/h19-29,35-36,40,43-48H,30-34H2,1-18H3/t36-,40-,43+,44-,45-,46-,47-,48-/m1/s1. The highest BCUT2D eigenvalue weighted by molar-refractivity contribution is 6.99. The Kier molecular flexibility index (Phi) is 16.7. The van der Waals surface area contributed by atoms with Crippen LogP contribution in [0.15, 0.2) is 72.3 Å². The molecule has 2 aliphatic rings. The summed E-state index contributed by atoms with van der Waals surface area (Å²) in [6, 6.07) is 21.9. The van der Waals surface area contributed by atoms with Crippen LogP contribution in [0.4, 0.5) is 0 Å². The maximum Gasteiger partial charge on any atom is 0.303 e. The summed E-state index contributed by atoms with van der Waals surface area (Å²) in [6.45, 7) is 41.4. The van der Waals surface area contributed by atoms with Crippen molar-refractivity contribution in [2.75, 3.05) is 19.8 Å². The van der Waals surface area contributed by atoms with Crippen LogP contribution < -0.4 is 10.4 Å². The van der Waals surface area contributed by atoms with Gasteiger partial charge >= 0.3 is 11.9 Å². The summed E-state index contributed by atoms with van der Waals surface area (Å²) in [5.41, 5.74) is 0.878. The molecule has 2 aliphatic carbocycles. The van der Waals surface area contributed by atoms with Gasteiger partial charge in [0.05, 0.1) is 0 Å². The number of fused-ring (bicyclic) bond motifs is 1. The van der Waals surface area contributed by atoms with Crippen LogP contribution in [0.2, 0.25) is 41.3 Å². The summed E-state index contributed by atoms with van der Waals surface area (Å²) in [7, 11) is -7.16. The van der Waals surface area contributed by atoms with E-state index >= 15 is 0 Å². The smallest absolute Gasteiger partial charge is 0.303 e. The minimum Gasteiger partial charge on any atom is -0.461 e. The van der Waals surface area contributed by atoms with Crippen LogP contribution in [0.3, 0.4) is 0 Å². The first-order chi connectivity index (χ1) is 28.0.